The topological polar surface area (TPSA) is 86.7 Å². The molecule has 40 heavy (non-hydrogen) atoms. The number of ketones is 1. The van der Waals surface area contributed by atoms with Crippen LogP contribution in [-0.2, 0) is 5.54 Å². The molecule has 204 valence electrons. The van der Waals surface area contributed by atoms with Gasteiger partial charge in [0.05, 0.1) is 0 Å². The zero-order chi connectivity index (χ0) is 27.8. The molecule has 8 heteroatoms. The van der Waals surface area contributed by atoms with Crippen molar-refractivity contribution in [3.8, 4) is 21.5 Å². The number of nitrogens with two attached hydrogens (primary N) is 1. The van der Waals surface area contributed by atoms with Crippen molar-refractivity contribution in [3.63, 3.8) is 0 Å². The number of aromatic nitrogens is 4. The van der Waals surface area contributed by atoms with Crippen LogP contribution in [0.5, 0.6) is 0 Å². The van der Waals surface area contributed by atoms with Crippen LogP contribution in [0.2, 0.25) is 0 Å². The number of carbonyl (C=O) groups excluding carboxylic acids is 1. The van der Waals surface area contributed by atoms with Gasteiger partial charge < -0.3 is 0 Å². The Bertz CT molecular complexity index is 1710. The maximum absolute atomic E-state index is 15.6. The van der Waals surface area contributed by atoms with Crippen LogP contribution in [0.15, 0.2) is 42.7 Å². The summed E-state index contributed by atoms with van der Waals surface area (Å²) < 4.78 is 21.0. The molecule has 0 saturated heterocycles. The van der Waals surface area contributed by atoms with Gasteiger partial charge in [0.25, 0.3) is 0 Å². The third-order valence-corrected chi connectivity index (χ3v) is 13.2. The van der Waals surface area contributed by atoms with E-state index < -0.39 is 25.4 Å². The molecule has 2 atom stereocenters. The van der Waals surface area contributed by atoms with Crippen LogP contribution in [0.1, 0.15) is 94.5 Å². The van der Waals surface area contributed by atoms with Gasteiger partial charge in [-0.25, -0.2) is 0 Å². The Morgan fingerprint density at radius 1 is 1.23 bits per heavy atom. The summed E-state index contributed by atoms with van der Waals surface area (Å²) in [6, 6.07) is 9.41. The molecule has 0 radical (unpaired) electrons. The minimum atomic E-state index is -1.83. The third-order valence-electron chi connectivity index (χ3n) is 8.92. The van der Waals surface area contributed by atoms with E-state index in [1.54, 1.807) is 19.3 Å². The Hall–Kier alpha value is -3.16. The Morgan fingerprint density at radius 2 is 1.98 bits per heavy atom. The van der Waals surface area contributed by atoms with Crippen molar-refractivity contribution in [2.75, 3.05) is 4.93 Å². The molecular formula is C32H31FIN5O. The number of benzene rings is 2. The first kappa shape index (κ1) is 25.8. The maximum atomic E-state index is 15.6. The Labute approximate surface area is 240 Å². The molecule has 0 bridgehead atoms. The molecule has 2 aromatic heterocycles. The summed E-state index contributed by atoms with van der Waals surface area (Å²) in [4.78, 5) is 29.1. The molecule has 4 aromatic rings. The summed E-state index contributed by atoms with van der Waals surface area (Å²) in [6.07, 6.45) is 15.2. The number of fused-ring (bicyclic) bond motifs is 3. The van der Waals surface area contributed by atoms with E-state index in [-0.39, 0.29) is 21.6 Å². The first-order chi connectivity index (χ1) is 19.3. The standard InChI is InChI=1S/C32H31FIN5O/c1-4-34(3)25-15-28(29-21(18(2)40)7-5-8-22(29)19-9-10-19)39-27-13-23(24(33)14-26(27)38-30(25)39)20-16-36-31(37-17-20)32(35)11-6-12-32/h1,5,7-8,13-14,16-17,19,25,28H,6,9-12,15,35H2,2-3H3/t25-,28-/m1/s1. The van der Waals surface area contributed by atoms with E-state index >= 15 is 4.39 Å². The monoisotopic (exact) mass is 647 g/mol. The van der Waals surface area contributed by atoms with Gasteiger partial charge >= 0.3 is 235 Å². The van der Waals surface area contributed by atoms with Crippen LogP contribution in [0.4, 0.5) is 4.39 Å². The summed E-state index contributed by atoms with van der Waals surface area (Å²) in [5.41, 5.74) is 11.5. The fraction of sp³-hybridized carbons (Fsp3) is 0.375. The van der Waals surface area contributed by atoms with Crippen LogP contribution >= 0.6 is 19.8 Å². The molecule has 6 nitrogen and oxygen atoms in total. The zero-order valence-corrected chi connectivity index (χ0v) is 24.8. The Kier molecular flexibility index (Phi) is 6.09. The number of alkyl halides is 2. The molecule has 0 unspecified atom stereocenters. The fourth-order valence-corrected chi connectivity index (χ4v) is 9.39. The molecule has 2 saturated carbocycles. The summed E-state index contributed by atoms with van der Waals surface area (Å²) in [6.45, 7) is 1.64. The summed E-state index contributed by atoms with van der Waals surface area (Å²) in [5, 5.41) is 0. The number of hydrogen-bond acceptors (Lipinski definition) is 5. The van der Waals surface area contributed by atoms with Crippen molar-refractivity contribution >= 4 is 36.6 Å². The van der Waals surface area contributed by atoms with Crippen molar-refractivity contribution in [2.24, 2.45) is 5.73 Å². The Morgan fingerprint density at radius 3 is 2.60 bits per heavy atom. The molecule has 0 amide bonds. The molecule has 2 aliphatic carbocycles. The average molecular weight is 648 g/mol. The van der Waals surface area contributed by atoms with Crippen molar-refractivity contribution in [2.45, 2.75) is 66.9 Å². The second-order valence-corrected chi connectivity index (χ2v) is 16.5. The van der Waals surface area contributed by atoms with E-state index in [0.717, 1.165) is 61.0 Å². The van der Waals surface area contributed by atoms with Crippen molar-refractivity contribution in [1.82, 2.24) is 19.5 Å². The van der Waals surface area contributed by atoms with Gasteiger partial charge in [-0.15, -0.1) is 0 Å². The van der Waals surface area contributed by atoms with Gasteiger partial charge in [0.15, 0.2) is 0 Å². The van der Waals surface area contributed by atoms with Gasteiger partial charge in [0, 0.05) is 0 Å². The first-order valence-electron chi connectivity index (χ1n) is 13.8. The second kappa shape index (κ2) is 9.45. The number of Topliss-reactive ketones (excluding diaryl/α,β-unsaturated/α-hetero) is 1. The van der Waals surface area contributed by atoms with Crippen LogP contribution in [-0.4, -0.2) is 30.2 Å². The molecule has 7 rings (SSSR count). The fourth-order valence-electron chi connectivity index (χ4n) is 6.43. The summed E-state index contributed by atoms with van der Waals surface area (Å²) in [5.74, 6) is 1.69. The number of hydrogen-bond donors (Lipinski definition) is 1. The predicted octanol–water partition coefficient (Wildman–Crippen LogP) is 6.81. The number of halogens is 2. The zero-order valence-electron chi connectivity index (χ0n) is 22.6. The molecule has 0 spiro atoms. The predicted molar refractivity (Wildman–Crippen MR) is 163 cm³/mol. The molecule has 3 heterocycles. The van der Waals surface area contributed by atoms with Gasteiger partial charge in [-0.1, -0.05) is 0 Å². The van der Waals surface area contributed by atoms with Gasteiger partial charge in [0.1, 0.15) is 0 Å². The number of carbonyl (C=O) groups is 1. The molecule has 3 aliphatic rings. The SMILES string of the molecule is C#CI(C)[C@@H]1C[C@H](c2c(C(C)=O)cccc2C2CC2)n2c1nc1cc(F)c(-c3cnc(C4(N)CCC4)nc3)cc12. The molecule has 1 aliphatic heterocycles. The van der Waals surface area contributed by atoms with Crippen molar-refractivity contribution < 1.29 is 9.18 Å². The normalized spacial score (nSPS) is 21.5. The first-order valence-corrected chi connectivity index (χ1v) is 18.3. The Balaban J connectivity index is 1.41. The van der Waals surface area contributed by atoms with Gasteiger partial charge in [-0.05, 0) is 6.42 Å². The van der Waals surface area contributed by atoms with E-state index in [0.29, 0.717) is 28.4 Å². The van der Waals surface area contributed by atoms with Gasteiger partial charge in [0.2, 0.25) is 0 Å². The van der Waals surface area contributed by atoms with Crippen LogP contribution in [0.25, 0.3) is 22.2 Å². The quantitative estimate of drug-likeness (QED) is 0.108. The average Bonchev–Trinajstić information content (AvgIpc) is 3.64. The van der Waals surface area contributed by atoms with Crippen LogP contribution in [0.3, 0.4) is 0 Å². The molecule has 2 N–H and O–H groups in total. The minimum absolute atomic E-state index is 0.0591. The van der Waals surface area contributed by atoms with E-state index in [4.69, 9.17) is 17.1 Å². The van der Waals surface area contributed by atoms with Crippen LogP contribution in [0, 0.1) is 16.2 Å². The summed E-state index contributed by atoms with van der Waals surface area (Å²) >= 11 is -1.83. The third kappa shape index (κ3) is 4.00. The number of imidazole rings is 1. The number of nitrogens with zero attached hydrogens (tertiary/aromatic N) is 4. The van der Waals surface area contributed by atoms with Crippen molar-refractivity contribution in [3.05, 3.63) is 76.9 Å². The van der Waals surface area contributed by atoms with E-state index in [9.17, 15) is 4.79 Å². The van der Waals surface area contributed by atoms with E-state index in [1.165, 1.54) is 11.6 Å². The van der Waals surface area contributed by atoms with Crippen LogP contribution < -0.4 is 5.73 Å². The molecule has 2 aromatic carbocycles. The molecule has 2 fully saturated rings. The second-order valence-electron chi connectivity index (χ2n) is 11.4. The van der Waals surface area contributed by atoms with E-state index in [1.807, 2.05) is 18.2 Å². The summed E-state index contributed by atoms with van der Waals surface area (Å²) in [7, 11) is 0. The van der Waals surface area contributed by atoms with E-state index in [2.05, 4.69) is 29.5 Å². The van der Waals surface area contributed by atoms with Gasteiger partial charge in [-0.3, -0.25) is 0 Å². The van der Waals surface area contributed by atoms with Crippen molar-refractivity contribution in [1.29, 1.82) is 0 Å². The number of rotatable bonds is 6. The molecular weight excluding hydrogens is 616 g/mol. The van der Waals surface area contributed by atoms with Gasteiger partial charge in [-0.2, -0.15) is 0 Å². The number of terminal acetylenes is 1.